The molecule has 9 nitrogen and oxygen atoms in total. The van der Waals surface area contributed by atoms with E-state index in [1.807, 2.05) is 32.0 Å². The molecule has 1 rings (SSSR count). The number of nitrogens with zero attached hydrogens (tertiary/aromatic N) is 1. The van der Waals surface area contributed by atoms with Crippen LogP contribution in [0.2, 0.25) is 0 Å². The highest BCUT2D eigenvalue weighted by Gasteiger charge is 2.34. The zero-order valence-electron chi connectivity index (χ0n) is 21.6. The summed E-state index contributed by atoms with van der Waals surface area (Å²) in [6.45, 7) is 14.3. The van der Waals surface area contributed by atoms with E-state index < -0.39 is 35.5 Å². The Balaban J connectivity index is 3.16. The molecule has 1 aromatic carbocycles. The Morgan fingerprint density at radius 3 is 2.24 bits per heavy atom. The first-order valence-electron chi connectivity index (χ1n) is 11.5. The van der Waals surface area contributed by atoms with Crippen molar-refractivity contribution >= 4 is 23.9 Å². The van der Waals surface area contributed by atoms with Gasteiger partial charge >= 0.3 is 12.1 Å². The molecule has 0 aliphatic heterocycles. The lowest BCUT2D eigenvalue weighted by molar-refractivity contribution is -0.144. The summed E-state index contributed by atoms with van der Waals surface area (Å²) in [7, 11) is 0. The van der Waals surface area contributed by atoms with Crippen molar-refractivity contribution in [3.8, 4) is 0 Å². The minimum Gasteiger partial charge on any atom is -0.466 e. The van der Waals surface area contributed by atoms with Gasteiger partial charge in [-0.1, -0.05) is 23.8 Å². The quantitative estimate of drug-likeness (QED) is 0.501. The van der Waals surface area contributed by atoms with Crippen LogP contribution < -0.4 is 10.6 Å². The predicted molar refractivity (Wildman–Crippen MR) is 129 cm³/mol. The van der Waals surface area contributed by atoms with Crippen LogP contribution in [0.5, 0.6) is 0 Å². The summed E-state index contributed by atoms with van der Waals surface area (Å²) < 4.78 is 10.1. The number of ether oxygens (including phenoxy) is 2. The number of hydrogen-bond acceptors (Lipinski definition) is 6. The van der Waals surface area contributed by atoms with Crippen molar-refractivity contribution < 1.29 is 28.7 Å². The molecule has 0 aromatic heterocycles. The molecule has 190 valence electrons. The molecule has 1 atom stereocenters. The van der Waals surface area contributed by atoms with Crippen molar-refractivity contribution in [2.75, 3.05) is 19.7 Å². The van der Waals surface area contributed by atoms with Gasteiger partial charge in [0.05, 0.1) is 13.0 Å². The van der Waals surface area contributed by atoms with Crippen molar-refractivity contribution in [2.45, 2.75) is 79.5 Å². The topological polar surface area (TPSA) is 114 Å². The number of benzene rings is 1. The number of carbonyl (C=O) groups is 4. The van der Waals surface area contributed by atoms with Crippen LogP contribution in [0.25, 0.3) is 0 Å². The lowest BCUT2D eigenvalue weighted by atomic mass is 9.96. The van der Waals surface area contributed by atoms with Crippen LogP contribution >= 0.6 is 0 Å². The third kappa shape index (κ3) is 9.41. The number of rotatable bonds is 10. The third-order valence-electron chi connectivity index (χ3n) is 4.81. The maximum absolute atomic E-state index is 13.3. The molecule has 0 bridgehead atoms. The van der Waals surface area contributed by atoms with Gasteiger partial charge in [0.15, 0.2) is 0 Å². The first-order valence-corrected chi connectivity index (χ1v) is 11.5. The fraction of sp³-hybridized carbons (Fsp3) is 0.600. The summed E-state index contributed by atoms with van der Waals surface area (Å²) in [5.41, 5.74) is 1.84. The van der Waals surface area contributed by atoms with Crippen LogP contribution in [0.1, 0.15) is 70.7 Å². The molecule has 0 spiro atoms. The van der Waals surface area contributed by atoms with E-state index in [-0.39, 0.29) is 32.2 Å². The van der Waals surface area contributed by atoms with Crippen molar-refractivity contribution in [2.24, 2.45) is 0 Å². The second kappa shape index (κ2) is 13.0. The molecule has 0 radical (unpaired) electrons. The predicted octanol–water partition coefficient (Wildman–Crippen LogP) is 3.18. The second-order valence-corrected chi connectivity index (χ2v) is 9.36. The van der Waals surface area contributed by atoms with Gasteiger partial charge in [-0.05, 0) is 66.5 Å². The van der Waals surface area contributed by atoms with Gasteiger partial charge in [0.2, 0.25) is 11.8 Å². The minimum atomic E-state index is -0.948. The molecular formula is C25H39N3O6. The average molecular weight is 478 g/mol. The van der Waals surface area contributed by atoms with E-state index in [4.69, 9.17) is 9.47 Å². The van der Waals surface area contributed by atoms with Crippen molar-refractivity contribution in [1.29, 1.82) is 0 Å². The molecule has 0 saturated carbocycles. The average Bonchev–Trinajstić information content (AvgIpc) is 2.69. The fourth-order valence-corrected chi connectivity index (χ4v) is 3.45. The van der Waals surface area contributed by atoms with E-state index in [1.54, 1.807) is 41.5 Å². The van der Waals surface area contributed by atoms with Crippen molar-refractivity contribution in [3.05, 3.63) is 34.9 Å². The van der Waals surface area contributed by atoms with Crippen molar-refractivity contribution in [1.82, 2.24) is 15.5 Å². The molecule has 3 amide bonds. The molecule has 0 heterocycles. The lowest BCUT2D eigenvalue weighted by Crippen LogP contribution is -2.50. The summed E-state index contributed by atoms with van der Waals surface area (Å²) >= 11 is 0. The van der Waals surface area contributed by atoms with E-state index in [0.29, 0.717) is 5.56 Å². The molecule has 1 aromatic rings. The molecule has 2 N–H and O–H groups in total. The van der Waals surface area contributed by atoms with Gasteiger partial charge in [-0.2, -0.15) is 0 Å². The van der Waals surface area contributed by atoms with Gasteiger partial charge < -0.3 is 25.0 Å². The van der Waals surface area contributed by atoms with Gasteiger partial charge in [-0.25, -0.2) is 4.79 Å². The zero-order chi connectivity index (χ0) is 26.1. The van der Waals surface area contributed by atoms with Crippen LogP contribution in [0.4, 0.5) is 4.79 Å². The number of nitrogens with one attached hydrogen (secondary N) is 2. The monoisotopic (exact) mass is 477 g/mol. The van der Waals surface area contributed by atoms with E-state index in [0.717, 1.165) is 11.1 Å². The van der Waals surface area contributed by atoms with Crippen LogP contribution in [0, 0.1) is 13.8 Å². The number of alkyl carbamates (subject to hydrolysis) is 1. The molecule has 0 fully saturated rings. The minimum absolute atomic E-state index is 0.0228. The summed E-state index contributed by atoms with van der Waals surface area (Å²) in [5, 5.41) is 5.22. The number of amides is 3. The van der Waals surface area contributed by atoms with E-state index >= 15 is 0 Å². The third-order valence-corrected chi connectivity index (χ3v) is 4.81. The highest BCUT2D eigenvalue weighted by Crippen LogP contribution is 2.27. The Labute approximate surface area is 202 Å². The molecule has 1 unspecified atom stereocenters. The molecule has 0 aliphatic carbocycles. The summed E-state index contributed by atoms with van der Waals surface area (Å²) in [6, 6.07) is 4.34. The first-order chi connectivity index (χ1) is 15.8. The Hall–Kier alpha value is -3.10. The van der Waals surface area contributed by atoms with E-state index in [2.05, 4.69) is 10.6 Å². The standard InChI is InChI=1S/C25H39N3O6/c1-9-33-21(30)12-13-26-23(31)22(19-11-10-17(4)14-18(19)5)28(16(2)3)20(29)15-27-24(32)34-25(6,7)8/h10-11,14,16,22H,9,12-13,15H2,1-8H3,(H,26,31)(H,27,32). The number of carbonyl (C=O) groups excluding carboxylic acids is 4. The molecule has 0 aliphatic rings. The van der Waals surface area contributed by atoms with Gasteiger partial charge in [0.25, 0.3) is 0 Å². The summed E-state index contributed by atoms with van der Waals surface area (Å²) in [6.07, 6.45) is -0.693. The highest BCUT2D eigenvalue weighted by atomic mass is 16.6. The molecule has 9 heteroatoms. The maximum atomic E-state index is 13.3. The lowest BCUT2D eigenvalue weighted by Gasteiger charge is -2.35. The SMILES string of the molecule is CCOC(=O)CCNC(=O)C(c1ccc(C)cc1C)N(C(=O)CNC(=O)OC(C)(C)C)C(C)C. The Morgan fingerprint density at radius 1 is 1.06 bits per heavy atom. The van der Waals surface area contributed by atoms with Crippen LogP contribution in [-0.2, 0) is 23.9 Å². The highest BCUT2D eigenvalue weighted by molar-refractivity contribution is 5.91. The van der Waals surface area contributed by atoms with Crippen LogP contribution in [0.15, 0.2) is 18.2 Å². The molecule has 34 heavy (non-hydrogen) atoms. The Bertz CT molecular complexity index is 876. The Morgan fingerprint density at radius 2 is 1.71 bits per heavy atom. The zero-order valence-corrected chi connectivity index (χ0v) is 21.6. The van der Waals surface area contributed by atoms with E-state index in [1.165, 1.54) is 4.90 Å². The van der Waals surface area contributed by atoms with Gasteiger partial charge in [0, 0.05) is 12.6 Å². The number of aryl methyl sites for hydroxylation is 2. The van der Waals surface area contributed by atoms with Gasteiger partial charge in [-0.15, -0.1) is 0 Å². The summed E-state index contributed by atoms with van der Waals surface area (Å²) in [5.74, 6) is -1.27. The fourth-order valence-electron chi connectivity index (χ4n) is 3.45. The van der Waals surface area contributed by atoms with Crippen LogP contribution in [-0.4, -0.2) is 60.1 Å². The van der Waals surface area contributed by atoms with Gasteiger partial charge in [-0.3, -0.25) is 14.4 Å². The Kier molecular flexibility index (Phi) is 11.0. The normalized spacial score (nSPS) is 12.0. The van der Waals surface area contributed by atoms with Gasteiger partial charge in [0.1, 0.15) is 18.2 Å². The van der Waals surface area contributed by atoms with Crippen molar-refractivity contribution in [3.63, 3.8) is 0 Å². The number of hydrogen-bond donors (Lipinski definition) is 2. The maximum Gasteiger partial charge on any atom is 0.408 e. The summed E-state index contributed by atoms with van der Waals surface area (Å²) in [4.78, 5) is 51.7. The molecular weight excluding hydrogens is 438 g/mol. The van der Waals surface area contributed by atoms with E-state index in [9.17, 15) is 19.2 Å². The first kappa shape index (κ1) is 28.9. The largest absolute Gasteiger partial charge is 0.466 e. The number of esters is 1. The second-order valence-electron chi connectivity index (χ2n) is 9.36. The smallest absolute Gasteiger partial charge is 0.408 e. The van der Waals surface area contributed by atoms with Crippen LogP contribution in [0.3, 0.4) is 0 Å². The molecule has 0 saturated heterocycles.